The van der Waals surface area contributed by atoms with Gasteiger partial charge in [-0.2, -0.15) is 0 Å². The Balaban J connectivity index is 1.19. The molecule has 0 radical (unpaired) electrons. The summed E-state index contributed by atoms with van der Waals surface area (Å²) >= 11 is 0. The minimum Gasteiger partial charge on any atom is -0.327 e. The monoisotopic (exact) mass is 478 g/mol. The molecule has 4 aromatic rings. The largest absolute Gasteiger partial charge is 0.327 e. The van der Waals surface area contributed by atoms with E-state index in [9.17, 15) is 4.79 Å². The van der Waals surface area contributed by atoms with Gasteiger partial charge < -0.3 is 9.88 Å². The highest BCUT2D eigenvalue weighted by molar-refractivity contribution is 6.00. The maximum absolute atomic E-state index is 13.4. The predicted molar refractivity (Wildman–Crippen MR) is 144 cm³/mol. The van der Waals surface area contributed by atoms with Crippen LogP contribution >= 0.6 is 0 Å². The number of aromatic nitrogens is 2. The van der Waals surface area contributed by atoms with Gasteiger partial charge in [0.1, 0.15) is 5.82 Å². The highest BCUT2D eigenvalue weighted by atomic mass is 16.1. The second-order valence-corrected chi connectivity index (χ2v) is 10.2. The summed E-state index contributed by atoms with van der Waals surface area (Å²) in [7, 11) is 0. The van der Waals surface area contributed by atoms with Gasteiger partial charge in [-0.25, -0.2) is 4.98 Å². The number of aryl methyl sites for hydroxylation is 2. The lowest BCUT2D eigenvalue weighted by Crippen LogP contribution is -2.44. The fraction of sp³-hybridized carbons (Fsp3) is 0.355. The Kier molecular flexibility index (Phi) is 6.67. The van der Waals surface area contributed by atoms with Gasteiger partial charge in [-0.1, -0.05) is 66.7 Å². The Morgan fingerprint density at radius 1 is 0.917 bits per heavy atom. The third-order valence-corrected chi connectivity index (χ3v) is 7.90. The summed E-state index contributed by atoms with van der Waals surface area (Å²) in [6.07, 6.45) is 4.96. The van der Waals surface area contributed by atoms with Crippen LogP contribution in [-0.4, -0.2) is 52.0 Å². The van der Waals surface area contributed by atoms with Gasteiger partial charge in [-0.3, -0.25) is 9.69 Å². The highest BCUT2D eigenvalue weighted by Gasteiger charge is 2.36. The van der Waals surface area contributed by atoms with Crippen LogP contribution in [0.15, 0.2) is 78.9 Å². The van der Waals surface area contributed by atoms with Crippen molar-refractivity contribution in [2.45, 2.75) is 50.7 Å². The number of carbonyl (C=O) groups is 1. The summed E-state index contributed by atoms with van der Waals surface area (Å²) in [5.74, 6) is 1.35. The Labute approximate surface area is 213 Å². The van der Waals surface area contributed by atoms with Crippen molar-refractivity contribution in [2.24, 2.45) is 0 Å². The number of ketones is 1. The normalized spacial score (nSPS) is 20.3. The number of carbonyl (C=O) groups excluding carboxylic acids is 1. The maximum Gasteiger partial charge on any atom is 0.179 e. The predicted octanol–water partition coefficient (Wildman–Crippen LogP) is 4.88. The summed E-state index contributed by atoms with van der Waals surface area (Å²) in [6, 6.07) is 27.8. The molecule has 184 valence electrons. The molecule has 0 aliphatic carbocycles. The average Bonchev–Trinajstić information content (AvgIpc) is 3.68. The van der Waals surface area contributed by atoms with Crippen molar-refractivity contribution in [3.63, 3.8) is 0 Å². The second-order valence-electron chi connectivity index (χ2n) is 10.2. The van der Waals surface area contributed by atoms with E-state index in [1.165, 1.54) is 16.6 Å². The second kappa shape index (κ2) is 10.4. The van der Waals surface area contributed by atoms with Crippen molar-refractivity contribution in [1.82, 2.24) is 19.8 Å². The SMILES string of the molecule is O=C(c1ccc(Cc2nc3ccccc3n2CCc2ccccc2)cc1)C1CCCN1C1CCNC1. The molecule has 2 aliphatic rings. The van der Waals surface area contributed by atoms with Crippen LogP contribution in [0.1, 0.15) is 46.6 Å². The molecule has 0 amide bonds. The van der Waals surface area contributed by atoms with Gasteiger partial charge in [0, 0.05) is 31.1 Å². The molecule has 2 saturated heterocycles. The van der Waals surface area contributed by atoms with Gasteiger partial charge in [0.2, 0.25) is 0 Å². The van der Waals surface area contributed by atoms with Crippen LogP contribution < -0.4 is 5.32 Å². The fourth-order valence-corrected chi connectivity index (χ4v) is 5.99. The van der Waals surface area contributed by atoms with E-state index in [1.807, 2.05) is 12.1 Å². The zero-order valence-corrected chi connectivity index (χ0v) is 20.8. The average molecular weight is 479 g/mol. The Morgan fingerprint density at radius 2 is 1.72 bits per heavy atom. The molecule has 3 heterocycles. The molecule has 0 bridgehead atoms. The van der Waals surface area contributed by atoms with Crippen molar-refractivity contribution in [3.8, 4) is 0 Å². The van der Waals surface area contributed by atoms with Crippen LogP contribution in [0.3, 0.4) is 0 Å². The van der Waals surface area contributed by atoms with Gasteiger partial charge in [0.25, 0.3) is 0 Å². The molecule has 2 aliphatic heterocycles. The summed E-state index contributed by atoms with van der Waals surface area (Å²) < 4.78 is 2.35. The quantitative estimate of drug-likeness (QED) is 0.367. The van der Waals surface area contributed by atoms with Gasteiger partial charge in [0.15, 0.2) is 5.78 Å². The number of rotatable bonds is 8. The lowest BCUT2D eigenvalue weighted by molar-refractivity contribution is 0.0826. The van der Waals surface area contributed by atoms with E-state index in [0.717, 1.165) is 75.2 Å². The minimum atomic E-state index is 0.0305. The maximum atomic E-state index is 13.4. The summed E-state index contributed by atoms with van der Waals surface area (Å²) in [5.41, 5.74) is 5.57. The number of benzene rings is 3. The van der Waals surface area contributed by atoms with E-state index in [4.69, 9.17) is 4.98 Å². The standard InChI is InChI=1S/C31H34N4O/c36-31(29-11-6-19-34(29)26-16-18-32-22-26)25-14-12-24(13-15-25)21-30-33-27-9-4-5-10-28(27)35(30)20-17-23-7-2-1-3-8-23/h1-5,7-10,12-15,26,29,32H,6,11,16-22H2. The van der Waals surface area contributed by atoms with Crippen LogP contribution in [0.5, 0.6) is 0 Å². The number of Topliss-reactive ketones (excluding diaryl/α,β-unsaturated/α-hetero) is 1. The molecule has 6 rings (SSSR count). The Hall–Kier alpha value is -3.28. The van der Waals surface area contributed by atoms with Crippen LogP contribution in [0.4, 0.5) is 0 Å². The Morgan fingerprint density at radius 3 is 2.53 bits per heavy atom. The van der Waals surface area contributed by atoms with Crippen molar-refractivity contribution < 1.29 is 4.79 Å². The van der Waals surface area contributed by atoms with E-state index < -0.39 is 0 Å². The van der Waals surface area contributed by atoms with E-state index >= 15 is 0 Å². The molecule has 1 aromatic heterocycles. The molecule has 3 aromatic carbocycles. The van der Waals surface area contributed by atoms with Crippen molar-refractivity contribution in [3.05, 3.63) is 101 Å². The van der Waals surface area contributed by atoms with Crippen molar-refractivity contribution in [1.29, 1.82) is 0 Å². The first-order valence-electron chi connectivity index (χ1n) is 13.3. The van der Waals surface area contributed by atoms with E-state index in [1.54, 1.807) is 0 Å². The van der Waals surface area contributed by atoms with Crippen LogP contribution in [-0.2, 0) is 19.4 Å². The number of fused-ring (bicyclic) bond motifs is 1. The van der Waals surface area contributed by atoms with Crippen molar-refractivity contribution >= 4 is 16.8 Å². The van der Waals surface area contributed by atoms with Crippen LogP contribution in [0, 0.1) is 0 Å². The Bertz CT molecular complexity index is 1320. The molecular formula is C31H34N4O. The topological polar surface area (TPSA) is 50.2 Å². The first kappa shape index (κ1) is 23.1. The van der Waals surface area contributed by atoms with E-state index in [0.29, 0.717) is 6.04 Å². The fourth-order valence-electron chi connectivity index (χ4n) is 5.99. The lowest BCUT2D eigenvalue weighted by Gasteiger charge is -2.29. The molecule has 36 heavy (non-hydrogen) atoms. The molecule has 5 heteroatoms. The number of hydrogen-bond donors (Lipinski definition) is 1. The molecule has 2 fully saturated rings. The summed E-state index contributed by atoms with van der Waals surface area (Å²) in [5, 5.41) is 3.45. The zero-order chi connectivity index (χ0) is 24.3. The van der Waals surface area contributed by atoms with E-state index in [-0.39, 0.29) is 11.8 Å². The molecule has 1 N–H and O–H groups in total. The summed E-state index contributed by atoms with van der Waals surface area (Å²) in [4.78, 5) is 20.8. The number of hydrogen-bond acceptors (Lipinski definition) is 4. The number of imidazole rings is 1. The number of nitrogens with one attached hydrogen (secondary N) is 1. The van der Waals surface area contributed by atoms with Gasteiger partial charge >= 0.3 is 0 Å². The van der Waals surface area contributed by atoms with E-state index in [2.05, 4.69) is 81.5 Å². The molecule has 5 nitrogen and oxygen atoms in total. The van der Waals surface area contributed by atoms with Crippen LogP contribution in [0.25, 0.3) is 11.0 Å². The van der Waals surface area contributed by atoms with Gasteiger partial charge in [-0.15, -0.1) is 0 Å². The molecule has 0 spiro atoms. The first-order chi connectivity index (χ1) is 17.8. The summed E-state index contributed by atoms with van der Waals surface area (Å²) in [6.45, 7) is 4.00. The van der Waals surface area contributed by atoms with Crippen molar-refractivity contribution in [2.75, 3.05) is 19.6 Å². The van der Waals surface area contributed by atoms with Gasteiger partial charge in [-0.05, 0) is 62.0 Å². The van der Waals surface area contributed by atoms with Gasteiger partial charge in [0.05, 0.1) is 17.1 Å². The first-order valence-corrected chi connectivity index (χ1v) is 13.3. The molecule has 2 atom stereocenters. The minimum absolute atomic E-state index is 0.0305. The number of nitrogens with zero attached hydrogens (tertiary/aromatic N) is 3. The van der Waals surface area contributed by atoms with Crippen LogP contribution in [0.2, 0.25) is 0 Å². The third-order valence-electron chi connectivity index (χ3n) is 7.90. The highest BCUT2D eigenvalue weighted by Crippen LogP contribution is 2.26. The molecule has 0 saturated carbocycles. The number of likely N-dealkylation sites (tertiary alicyclic amines) is 1. The number of para-hydroxylation sites is 2. The lowest BCUT2D eigenvalue weighted by atomic mass is 9.99. The third kappa shape index (κ3) is 4.73. The molecule has 2 unspecified atom stereocenters. The smallest absolute Gasteiger partial charge is 0.179 e. The molecular weight excluding hydrogens is 444 g/mol. The zero-order valence-electron chi connectivity index (χ0n) is 20.8.